The molecular weight excluding hydrogens is 277 g/mol. The molecule has 2 N–H and O–H groups in total. The number of nitrogens with one attached hydrogen (secondary N) is 1. The van der Waals surface area contributed by atoms with Crippen LogP contribution in [0.5, 0.6) is 0 Å². The lowest BCUT2D eigenvalue weighted by atomic mass is 9.98. The summed E-state index contributed by atoms with van der Waals surface area (Å²) >= 11 is 11.5. The average molecular weight is 290 g/mol. The molecule has 0 unspecified atom stereocenters. The number of amides is 1. The summed E-state index contributed by atoms with van der Waals surface area (Å²) in [4.78, 5) is 12.1. The molecule has 0 aromatic carbocycles. The standard InChI is InChI=1S/C11H13Cl2N3O2/c12-8-5-7(9(13)16-15-8)10(18)14-11(6-17)3-1-2-4-11/h5,17H,1-4,6H2,(H,14,18). The van der Waals surface area contributed by atoms with Gasteiger partial charge in [0, 0.05) is 0 Å². The molecule has 5 nitrogen and oxygen atoms in total. The molecule has 1 aliphatic rings. The van der Waals surface area contributed by atoms with Crippen molar-refractivity contribution in [2.24, 2.45) is 0 Å². The summed E-state index contributed by atoms with van der Waals surface area (Å²) in [5, 5.41) is 19.5. The van der Waals surface area contributed by atoms with Gasteiger partial charge in [-0.3, -0.25) is 4.79 Å². The largest absolute Gasteiger partial charge is 0.394 e. The number of aliphatic hydroxyl groups excluding tert-OH is 1. The molecule has 0 atom stereocenters. The fourth-order valence-corrected chi connectivity index (χ4v) is 2.52. The number of hydrogen-bond donors (Lipinski definition) is 2. The lowest BCUT2D eigenvalue weighted by molar-refractivity contribution is 0.0838. The third-order valence-electron chi connectivity index (χ3n) is 3.21. The highest BCUT2D eigenvalue weighted by molar-refractivity contribution is 6.34. The van der Waals surface area contributed by atoms with Crippen molar-refractivity contribution in [2.45, 2.75) is 31.2 Å². The Labute approximate surface area is 115 Å². The monoisotopic (exact) mass is 289 g/mol. The molecule has 1 fully saturated rings. The second-order valence-electron chi connectivity index (χ2n) is 4.47. The summed E-state index contributed by atoms with van der Waals surface area (Å²) < 4.78 is 0. The summed E-state index contributed by atoms with van der Waals surface area (Å²) in [5.74, 6) is -0.382. The van der Waals surface area contributed by atoms with Gasteiger partial charge in [-0.2, -0.15) is 0 Å². The van der Waals surface area contributed by atoms with Gasteiger partial charge < -0.3 is 10.4 Å². The fourth-order valence-electron chi connectivity index (χ4n) is 2.19. The smallest absolute Gasteiger partial charge is 0.255 e. The molecule has 0 spiro atoms. The van der Waals surface area contributed by atoms with Gasteiger partial charge in [-0.15, -0.1) is 10.2 Å². The maximum atomic E-state index is 12.1. The summed E-state index contributed by atoms with van der Waals surface area (Å²) in [6.45, 7) is -0.0808. The quantitative estimate of drug-likeness (QED) is 0.890. The van der Waals surface area contributed by atoms with Crippen LogP contribution in [0.15, 0.2) is 6.07 Å². The zero-order chi connectivity index (χ0) is 13.2. The average Bonchev–Trinajstić information content (AvgIpc) is 2.81. The maximum Gasteiger partial charge on any atom is 0.255 e. The molecule has 1 aromatic rings. The van der Waals surface area contributed by atoms with E-state index in [1.807, 2.05) is 0 Å². The number of nitrogens with zero attached hydrogens (tertiary/aromatic N) is 2. The van der Waals surface area contributed by atoms with Gasteiger partial charge in [0.2, 0.25) is 0 Å². The normalized spacial score (nSPS) is 17.7. The molecule has 0 aliphatic heterocycles. The van der Waals surface area contributed by atoms with Gasteiger partial charge in [-0.25, -0.2) is 0 Å². The Balaban J connectivity index is 2.18. The first kappa shape index (κ1) is 13.5. The lowest BCUT2D eigenvalue weighted by Gasteiger charge is -2.28. The van der Waals surface area contributed by atoms with Crippen molar-refractivity contribution in [1.29, 1.82) is 0 Å². The zero-order valence-corrected chi connectivity index (χ0v) is 11.1. The molecule has 0 radical (unpaired) electrons. The van der Waals surface area contributed by atoms with Crippen LogP contribution in [0.25, 0.3) is 0 Å². The van der Waals surface area contributed by atoms with E-state index < -0.39 is 5.54 Å². The van der Waals surface area contributed by atoms with E-state index in [0.717, 1.165) is 25.7 Å². The van der Waals surface area contributed by atoms with E-state index in [1.54, 1.807) is 0 Å². The van der Waals surface area contributed by atoms with E-state index in [4.69, 9.17) is 23.2 Å². The summed E-state index contributed by atoms with van der Waals surface area (Å²) in [6, 6.07) is 1.37. The number of aliphatic hydroxyl groups is 1. The van der Waals surface area contributed by atoms with Crippen LogP contribution in [0, 0.1) is 0 Å². The fraction of sp³-hybridized carbons (Fsp3) is 0.545. The van der Waals surface area contributed by atoms with E-state index >= 15 is 0 Å². The second kappa shape index (κ2) is 5.38. The minimum atomic E-state index is -0.545. The molecule has 1 heterocycles. The molecule has 0 saturated heterocycles. The summed E-state index contributed by atoms with van der Waals surface area (Å²) in [7, 11) is 0. The van der Waals surface area contributed by atoms with Crippen LogP contribution < -0.4 is 5.32 Å². The van der Waals surface area contributed by atoms with Gasteiger partial charge in [0.1, 0.15) is 0 Å². The third-order valence-corrected chi connectivity index (χ3v) is 3.67. The van der Waals surface area contributed by atoms with E-state index in [0.29, 0.717) is 0 Å². The van der Waals surface area contributed by atoms with Crippen LogP contribution in [0.1, 0.15) is 36.0 Å². The van der Waals surface area contributed by atoms with E-state index in [2.05, 4.69) is 15.5 Å². The highest BCUT2D eigenvalue weighted by Crippen LogP contribution is 2.29. The van der Waals surface area contributed by atoms with Crippen molar-refractivity contribution in [3.05, 3.63) is 21.9 Å². The van der Waals surface area contributed by atoms with Crippen LogP contribution in [-0.2, 0) is 0 Å². The van der Waals surface area contributed by atoms with E-state index in [-0.39, 0.29) is 28.4 Å². The van der Waals surface area contributed by atoms with E-state index in [1.165, 1.54) is 6.07 Å². The number of hydrogen-bond acceptors (Lipinski definition) is 4. The first-order chi connectivity index (χ1) is 8.56. The number of carbonyl (C=O) groups excluding carboxylic acids is 1. The number of carbonyl (C=O) groups is 1. The SMILES string of the molecule is O=C(NC1(CO)CCCC1)c1cc(Cl)nnc1Cl. The Morgan fingerprint density at radius 3 is 2.67 bits per heavy atom. The van der Waals surface area contributed by atoms with Gasteiger partial charge in [-0.05, 0) is 18.9 Å². The predicted octanol–water partition coefficient (Wildman–Crippen LogP) is 1.82. The van der Waals surface area contributed by atoms with Crippen molar-refractivity contribution < 1.29 is 9.90 Å². The Kier molecular flexibility index (Phi) is 4.04. The second-order valence-corrected chi connectivity index (χ2v) is 5.22. The first-order valence-corrected chi connectivity index (χ1v) is 6.44. The minimum Gasteiger partial charge on any atom is -0.394 e. The van der Waals surface area contributed by atoms with E-state index in [9.17, 15) is 9.90 Å². The van der Waals surface area contributed by atoms with Crippen molar-refractivity contribution in [1.82, 2.24) is 15.5 Å². The number of aromatic nitrogens is 2. The summed E-state index contributed by atoms with van der Waals surface area (Å²) in [6.07, 6.45) is 3.51. The molecule has 1 aliphatic carbocycles. The molecule has 7 heteroatoms. The molecule has 18 heavy (non-hydrogen) atoms. The third kappa shape index (κ3) is 2.74. The van der Waals surface area contributed by atoms with Gasteiger partial charge in [0.05, 0.1) is 17.7 Å². The van der Waals surface area contributed by atoms with Crippen LogP contribution in [0.3, 0.4) is 0 Å². The van der Waals surface area contributed by atoms with Crippen molar-refractivity contribution >= 4 is 29.1 Å². The molecule has 2 rings (SSSR count). The highest BCUT2D eigenvalue weighted by atomic mass is 35.5. The summed E-state index contributed by atoms with van der Waals surface area (Å²) in [5.41, 5.74) is -0.368. The van der Waals surface area contributed by atoms with Gasteiger partial charge in [0.15, 0.2) is 10.3 Å². The lowest BCUT2D eigenvalue weighted by Crippen LogP contribution is -2.49. The minimum absolute atomic E-state index is 0.00277. The molecule has 1 saturated carbocycles. The first-order valence-electron chi connectivity index (χ1n) is 5.68. The van der Waals surface area contributed by atoms with Crippen LogP contribution in [0.2, 0.25) is 10.3 Å². The molecule has 98 valence electrons. The van der Waals surface area contributed by atoms with Crippen LogP contribution >= 0.6 is 23.2 Å². The topological polar surface area (TPSA) is 75.1 Å². The Hall–Kier alpha value is -0.910. The predicted molar refractivity (Wildman–Crippen MR) is 67.8 cm³/mol. The Bertz CT molecular complexity index is 462. The molecule has 0 bridgehead atoms. The van der Waals surface area contributed by atoms with Gasteiger partial charge >= 0.3 is 0 Å². The number of rotatable bonds is 3. The molecule has 1 amide bonds. The van der Waals surface area contributed by atoms with Crippen LogP contribution in [0.4, 0.5) is 0 Å². The van der Waals surface area contributed by atoms with Gasteiger partial charge in [0.25, 0.3) is 5.91 Å². The molecule has 1 aromatic heterocycles. The van der Waals surface area contributed by atoms with Gasteiger partial charge in [-0.1, -0.05) is 36.0 Å². The van der Waals surface area contributed by atoms with Crippen molar-refractivity contribution in [3.8, 4) is 0 Å². The zero-order valence-electron chi connectivity index (χ0n) is 9.62. The molecular formula is C11H13Cl2N3O2. The Morgan fingerprint density at radius 1 is 1.39 bits per heavy atom. The highest BCUT2D eigenvalue weighted by Gasteiger charge is 2.35. The maximum absolute atomic E-state index is 12.1. The van der Waals surface area contributed by atoms with Crippen LogP contribution in [-0.4, -0.2) is 33.4 Å². The van der Waals surface area contributed by atoms with Crippen molar-refractivity contribution in [3.63, 3.8) is 0 Å². The number of halogens is 2. The Morgan fingerprint density at radius 2 is 2.06 bits per heavy atom. The van der Waals surface area contributed by atoms with Crippen molar-refractivity contribution in [2.75, 3.05) is 6.61 Å².